The molecule has 2 fully saturated rings. The molecule has 0 aliphatic carbocycles. The molecule has 12 heteroatoms. The second kappa shape index (κ2) is 10.2. The molecule has 0 radical (unpaired) electrons. The summed E-state index contributed by atoms with van der Waals surface area (Å²) in [5, 5.41) is 2.85. The number of benzene rings is 1. The first kappa shape index (κ1) is 27.3. The predicted molar refractivity (Wildman–Crippen MR) is 146 cm³/mol. The van der Waals surface area contributed by atoms with Crippen molar-refractivity contribution in [3.05, 3.63) is 59.8 Å². The SMILES string of the molecule is Cc1cc2c(nc1-c1cccc(C(F)(F)F)c1)N(C(=O)Nc1cc(OC[C@@H]3COC(C)(C)O3)ccn1)[C@H]1CCN2C1. The maximum absolute atomic E-state index is 13.7. The monoisotopic (exact) mass is 569 g/mol. The Bertz CT molecular complexity index is 1480. The molecule has 3 aliphatic rings. The smallest absolute Gasteiger partial charge is 0.416 e. The summed E-state index contributed by atoms with van der Waals surface area (Å²) >= 11 is 0. The summed E-state index contributed by atoms with van der Waals surface area (Å²) in [5.41, 5.74) is 1.47. The van der Waals surface area contributed by atoms with Crippen LogP contribution < -0.4 is 19.9 Å². The number of carbonyl (C=O) groups is 1. The molecule has 1 N–H and O–H groups in total. The van der Waals surface area contributed by atoms with Crippen LogP contribution >= 0.6 is 0 Å². The molecular weight excluding hydrogens is 539 g/mol. The third kappa shape index (κ3) is 5.53. The van der Waals surface area contributed by atoms with Gasteiger partial charge >= 0.3 is 12.2 Å². The van der Waals surface area contributed by atoms with E-state index in [0.717, 1.165) is 36.3 Å². The second-order valence-electron chi connectivity index (χ2n) is 10.9. The van der Waals surface area contributed by atoms with Gasteiger partial charge in [-0.3, -0.25) is 10.2 Å². The van der Waals surface area contributed by atoms with Crippen LogP contribution in [0.4, 0.5) is 35.3 Å². The van der Waals surface area contributed by atoms with Crippen LogP contribution in [-0.2, 0) is 15.7 Å². The average Bonchev–Trinajstić information content (AvgIpc) is 3.50. The van der Waals surface area contributed by atoms with Crippen molar-refractivity contribution in [2.45, 2.75) is 51.3 Å². The van der Waals surface area contributed by atoms with Gasteiger partial charge in [-0.15, -0.1) is 0 Å². The molecule has 2 saturated heterocycles. The number of urea groups is 1. The van der Waals surface area contributed by atoms with Crippen LogP contribution in [0.3, 0.4) is 0 Å². The van der Waals surface area contributed by atoms with Gasteiger partial charge in [0.25, 0.3) is 0 Å². The molecule has 3 aromatic rings. The quantitative estimate of drug-likeness (QED) is 0.426. The van der Waals surface area contributed by atoms with Crippen LogP contribution in [0.2, 0.25) is 0 Å². The zero-order valence-corrected chi connectivity index (χ0v) is 22.9. The molecule has 2 bridgehead atoms. The lowest BCUT2D eigenvalue weighted by atomic mass is 10.0. The molecule has 0 saturated carbocycles. The summed E-state index contributed by atoms with van der Waals surface area (Å²) in [6.45, 7) is 7.58. The van der Waals surface area contributed by atoms with Crippen LogP contribution in [0.5, 0.6) is 5.75 Å². The van der Waals surface area contributed by atoms with Crippen molar-refractivity contribution in [1.29, 1.82) is 0 Å². The van der Waals surface area contributed by atoms with E-state index in [1.54, 1.807) is 23.1 Å². The molecule has 0 unspecified atom stereocenters. The third-order valence-corrected chi connectivity index (χ3v) is 7.42. The van der Waals surface area contributed by atoms with Crippen LogP contribution in [0.1, 0.15) is 31.4 Å². The van der Waals surface area contributed by atoms with Gasteiger partial charge in [0, 0.05) is 30.9 Å². The van der Waals surface area contributed by atoms with Crippen LogP contribution in [-0.4, -0.2) is 60.2 Å². The number of fused-ring (bicyclic) bond motifs is 4. The number of halogens is 3. The highest BCUT2D eigenvalue weighted by atomic mass is 19.4. The first-order valence-corrected chi connectivity index (χ1v) is 13.4. The first-order chi connectivity index (χ1) is 19.5. The Morgan fingerprint density at radius 1 is 1.22 bits per heavy atom. The van der Waals surface area contributed by atoms with E-state index in [1.165, 1.54) is 12.3 Å². The van der Waals surface area contributed by atoms with E-state index >= 15 is 0 Å². The largest absolute Gasteiger partial charge is 0.491 e. The molecule has 0 spiro atoms. The number of nitrogens with one attached hydrogen (secondary N) is 1. The molecular formula is C29H30F3N5O4. The molecule has 2 aromatic heterocycles. The van der Waals surface area contributed by atoms with Gasteiger partial charge in [-0.25, -0.2) is 14.8 Å². The lowest BCUT2D eigenvalue weighted by molar-refractivity contribution is -0.141. The van der Waals surface area contributed by atoms with Crippen LogP contribution in [0.15, 0.2) is 48.7 Å². The number of carbonyl (C=O) groups excluding carboxylic acids is 1. The molecule has 2 atom stereocenters. The molecule has 3 aliphatic heterocycles. The van der Waals surface area contributed by atoms with Gasteiger partial charge in [0.1, 0.15) is 24.3 Å². The highest BCUT2D eigenvalue weighted by molar-refractivity contribution is 6.04. The van der Waals surface area contributed by atoms with E-state index in [1.807, 2.05) is 26.8 Å². The summed E-state index contributed by atoms with van der Waals surface area (Å²) in [5.74, 6) is 0.557. The zero-order chi connectivity index (χ0) is 28.9. The van der Waals surface area contributed by atoms with Gasteiger partial charge in [0.2, 0.25) is 0 Å². The summed E-state index contributed by atoms with van der Waals surface area (Å²) in [6, 6.07) is 9.71. The Hall–Kier alpha value is -3.90. The van der Waals surface area contributed by atoms with E-state index in [4.69, 9.17) is 19.2 Å². The Morgan fingerprint density at radius 3 is 2.80 bits per heavy atom. The Kier molecular flexibility index (Phi) is 6.77. The molecule has 216 valence electrons. The van der Waals surface area contributed by atoms with Gasteiger partial charge < -0.3 is 19.1 Å². The fourth-order valence-corrected chi connectivity index (χ4v) is 5.51. The minimum Gasteiger partial charge on any atom is -0.491 e. The van der Waals surface area contributed by atoms with E-state index in [0.29, 0.717) is 41.8 Å². The standard InChI is InChI=1S/C29H30F3N5O4/c1-17-11-23-26(35-25(17)18-5-4-6-19(12-18)29(30,31)32)37(20-8-10-36(23)14-20)27(38)34-24-13-21(7-9-33-24)39-15-22-16-40-28(2,3)41-22/h4-7,9,11-13,20,22H,8,10,14-16H2,1-3H3,(H,33,34,38)/t20-,22+/m0/s1. The van der Waals surface area contributed by atoms with E-state index < -0.39 is 23.6 Å². The van der Waals surface area contributed by atoms with E-state index in [-0.39, 0.29) is 18.8 Å². The highest BCUT2D eigenvalue weighted by Crippen LogP contribution is 2.42. The van der Waals surface area contributed by atoms with Crippen molar-refractivity contribution in [3.63, 3.8) is 0 Å². The van der Waals surface area contributed by atoms with Gasteiger partial charge in [-0.1, -0.05) is 12.1 Å². The average molecular weight is 570 g/mol. The van der Waals surface area contributed by atoms with Gasteiger partial charge in [-0.2, -0.15) is 13.2 Å². The molecule has 9 nitrogen and oxygen atoms in total. The normalized spacial score (nSPS) is 21.1. The molecule has 2 amide bonds. The number of alkyl halides is 3. The van der Waals surface area contributed by atoms with Crippen molar-refractivity contribution in [2.24, 2.45) is 0 Å². The third-order valence-electron chi connectivity index (χ3n) is 7.42. The summed E-state index contributed by atoms with van der Waals surface area (Å²) in [6.07, 6.45) is -2.42. The molecule has 5 heterocycles. The number of nitrogens with zero attached hydrogens (tertiary/aromatic N) is 4. The van der Waals surface area contributed by atoms with E-state index in [2.05, 4.69) is 15.2 Å². The Labute approximate surface area is 235 Å². The van der Waals surface area contributed by atoms with Crippen molar-refractivity contribution in [2.75, 3.05) is 41.4 Å². The van der Waals surface area contributed by atoms with Crippen molar-refractivity contribution >= 4 is 23.4 Å². The van der Waals surface area contributed by atoms with Crippen molar-refractivity contribution in [3.8, 4) is 17.0 Å². The van der Waals surface area contributed by atoms with Crippen LogP contribution in [0.25, 0.3) is 11.3 Å². The van der Waals surface area contributed by atoms with E-state index in [9.17, 15) is 18.0 Å². The summed E-state index contributed by atoms with van der Waals surface area (Å²) in [7, 11) is 0. The Morgan fingerprint density at radius 2 is 2.05 bits per heavy atom. The Balaban J connectivity index is 1.25. The fraction of sp³-hybridized carbons (Fsp3) is 0.414. The van der Waals surface area contributed by atoms with Crippen LogP contribution in [0, 0.1) is 6.92 Å². The number of hydrogen-bond donors (Lipinski definition) is 1. The van der Waals surface area contributed by atoms with Gasteiger partial charge in [-0.05, 0) is 57.0 Å². The second-order valence-corrected chi connectivity index (χ2v) is 10.9. The minimum absolute atomic E-state index is 0.144. The van der Waals surface area contributed by atoms with Gasteiger partial charge in [0.15, 0.2) is 11.6 Å². The predicted octanol–water partition coefficient (Wildman–Crippen LogP) is 5.63. The summed E-state index contributed by atoms with van der Waals surface area (Å²) < 4.78 is 57.4. The van der Waals surface area contributed by atoms with Gasteiger partial charge in [0.05, 0.1) is 29.6 Å². The number of aromatic nitrogens is 2. The molecule has 41 heavy (non-hydrogen) atoms. The summed E-state index contributed by atoms with van der Waals surface area (Å²) in [4.78, 5) is 26.5. The number of aryl methyl sites for hydroxylation is 1. The molecule has 1 aromatic carbocycles. The van der Waals surface area contributed by atoms with Crippen molar-refractivity contribution < 1.29 is 32.2 Å². The maximum atomic E-state index is 13.7. The lowest BCUT2D eigenvalue weighted by Crippen LogP contribution is -2.48. The fourth-order valence-electron chi connectivity index (χ4n) is 5.51. The first-order valence-electron chi connectivity index (χ1n) is 13.4. The number of anilines is 3. The molecule has 6 rings (SSSR count). The number of pyridine rings is 2. The minimum atomic E-state index is -4.48. The highest BCUT2D eigenvalue weighted by Gasteiger charge is 2.41. The lowest BCUT2D eigenvalue weighted by Gasteiger charge is -2.36. The zero-order valence-electron chi connectivity index (χ0n) is 22.9. The number of ether oxygens (including phenoxy) is 3. The number of rotatable bonds is 5. The maximum Gasteiger partial charge on any atom is 0.416 e. The van der Waals surface area contributed by atoms with Crippen molar-refractivity contribution in [1.82, 2.24) is 9.97 Å². The topological polar surface area (TPSA) is 89.1 Å². The number of amides is 2. The number of hydrogen-bond acceptors (Lipinski definition) is 7.